The van der Waals surface area contributed by atoms with E-state index in [9.17, 15) is 9.59 Å². The Morgan fingerprint density at radius 2 is 1.65 bits per heavy atom. The van der Waals surface area contributed by atoms with Crippen LogP contribution in [0.4, 0.5) is 0 Å². The molecule has 4 nitrogen and oxygen atoms in total. The van der Waals surface area contributed by atoms with Gasteiger partial charge in [0, 0.05) is 26.2 Å². The summed E-state index contributed by atoms with van der Waals surface area (Å²) in [7, 11) is 1.65. The average Bonchev–Trinajstić information content (AvgIpc) is 2.53. The molecule has 0 aliphatic rings. The Morgan fingerprint density at radius 1 is 1.09 bits per heavy atom. The standard InChI is InChI=1S/C19H28N2O2/c1-6-21(7-2)19(23)14-20(5)18(22)13-10-16-8-11-17(12-9-16)15(3)4/h8-13,15H,6-7,14H2,1-5H3/b13-10+. The van der Waals surface area contributed by atoms with Gasteiger partial charge in [-0.05, 0) is 37.0 Å². The van der Waals surface area contributed by atoms with E-state index in [4.69, 9.17) is 0 Å². The van der Waals surface area contributed by atoms with Gasteiger partial charge >= 0.3 is 0 Å². The second kappa shape index (κ2) is 9.13. The van der Waals surface area contributed by atoms with E-state index < -0.39 is 0 Å². The molecule has 23 heavy (non-hydrogen) atoms. The van der Waals surface area contributed by atoms with E-state index in [1.54, 1.807) is 18.0 Å². The first-order valence-electron chi connectivity index (χ1n) is 8.19. The first-order valence-corrected chi connectivity index (χ1v) is 8.19. The summed E-state index contributed by atoms with van der Waals surface area (Å²) in [6, 6.07) is 8.14. The third-order valence-electron chi connectivity index (χ3n) is 3.89. The highest BCUT2D eigenvalue weighted by Crippen LogP contribution is 2.15. The monoisotopic (exact) mass is 316 g/mol. The summed E-state index contributed by atoms with van der Waals surface area (Å²) in [6.07, 6.45) is 3.30. The van der Waals surface area contributed by atoms with Gasteiger partial charge in [0.05, 0.1) is 6.54 Å². The van der Waals surface area contributed by atoms with Gasteiger partial charge in [0.25, 0.3) is 0 Å². The fourth-order valence-corrected chi connectivity index (χ4v) is 2.24. The SMILES string of the molecule is CCN(CC)C(=O)CN(C)C(=O)/C=C/c1ccc(C(C)C)cc1. The number of hydrogen-bond acceptors (Lipinski definition) is 2. The largest absolute Gasteiger partial charge is 0.342 e. The maximum atomic E-state index is 12.1. The smallest absolute Gasteiger partial charge is 0.246 e. The molecular weight excluding hydrogens is 288 g/mol. The second-order valence-electron chi connectivity index (χ2n) is 5.92. The van der Waals surface area contributed by atoms with E-state index in [1.165, 1.54) is 16.5 Å². The molecular formula is C19H28N2O2. The van der Waals surface area contributed by atoms with Gasteiger partial charge in [-0.3, -0.25) is 9.59 Å². The highest BCUT2D eigenvalue weighted by molar-refractivity contribution is 5.94. The lowest BCUT2D eigenvalue weighted by molar-refractivity contribution is -0.136. The van der Waals surface area contributed by atoms with Crippen LogP contribution in [0.2, 0.25) is 0 Å². The number of nitrogens with zero attached hydrogens (tertiary/aromatic N) is 2. The predicted octanol–water partition coefficient (Wildman–Crippen LogP) is 3.15. The van der Waals surface area contributed by atoms with Crippen LogP contribution in [-0.2, 0) is 9.59 Å². The van der Waals surface area contributed by atoms with Gasteiger partial charge in [-0.25, -0.2) is 0 Å². The molecule has 126 valence electrons. The van der Waals surface area contributed by atoms with Crippen LogP contribution >= 0.6 is 0 Å². The van der Waals surface area contributed by atoms with Gasteiger partial charge in [-0.2, -0.15) is 0 Å². The molecule has 1 aromatic rings. The molecule has 1 aromatic carbocycles. The van der Waals surface area contributed by atoms with Crippen molar-refractivity contribution < 1.29 is 9.59 Å². The van der Waals surface area contributed by atoms with Crippen LogP contribution in [0, 0.1) is 0 Å². The lowest BCUT2D eigenvalue weighted by Gasteiger charge is -2.22. The zero-order valence-electron chi connectivity index (χ0n) is 14.9. The Bertz CT molecular complexity index is 543. The van der Waals surface area contributed by atoms with Crippen molar-refractivity contribution >= 4 is 17.9 Å². The van der Waals surface area contributed by atoms with Crippen LogP contribution in [-0.4, -0.2) is 48.3 Å². The lowest BCUT2D eigenvalue weighted by atomic mass is 10.0. The third kappa shape index (κ3) is 5.89. The summed E-state index contributed by atoms with van der Waals surface area (Å²) in [5.74, 6) is 0.297. The Kier molecular flexibility index (Phi) is 7.52. The molecule has 0 unspecified atom stereocenters. The molecule has 0 heterocycles. The van der Waals surface area contributed by atoms with Crippen LogP contribution in [0.15, 0.2) is 30.3 Å². The van der Waals surface area contributed by atoms with E-state index in [0.29, 0.717) is 19.0 Å². The molecule has 0 aromatic heterocycles. The molecule has 4 heteroatoms. The molecule has 0 saturated heterocycles. The van der Waals surface area contributed by atoms with Crippen molar-refractivity contribution in [2.45, 2.75) is 33.6 Å². The van der Waals surface area contributed by atoms with Gasteiger partial charge in [-0.1, -0.05) is 38.1 Å². The maximum Gasteiger partial charge on any atom is 0.246 e. The fourth-order valence-electron chi connectivity index (χ4n) is 2.24. The summed E-state index contributed by atoms with van der Waals surface area (Å²) in [5, 5.41) is 0. The maximum absolute atomic E-state index is 12.1. The lowest BCUT2D eigenvalue weighted by Crippen LogP contribution is -2.40. The third-order valence-corrected chi connectivity index (χ3v) is 3.89. The molecule has 0 aliphatic heterocycles. The van der Waals surface area contributed by atoms with Crippen molar-refractivity contribution in [3.8, 4) is 0 Å². The number of carbonyl (C=O) groups excluding carboxylic acids is 2. The molecule has 0 bridgehead atoms. The number of rotatable bonds is 7. The normalized spacial score (nSPS) is 11.0. The summed E-state index contributed by atoms with van der Waals surface area (Å²) < 4.78 is 0. The van der Waals surface area contributed by atoms with Crippen LogP contribution in [0.3, 0.4) is 0 Å². The highest BCUT2D eigenvalue weighted by atomic mass is 16.2. The Labute approximate surface area is 139 Å². The fraction of sp³-hybridized carbons (Fsp3) is 0.474. The van der Waals surface area contributed by atoms with Crippen molar-refractivity contribution in [1.82, 2.24) is 9.80 Å². The van der Waals surface area contributed by atoms with Gasteiger partial charge in [-0.15, -0.1) is 0 Å². The molecule has 2 amide bonds. The Hall–Kier alpha value is -2.10. The van der Waals surface area contributed by atoms with Crippen LogP contribution < -0.4 is 0 Å². The van der Waals surface area contributed by atoms with Crippen molar-refractivity contribution in [1.29, 1.82) is 0 Å². The molecule has 0 saturated carbocycles. The van der Waals surface area contributed by atoms with Crippen molar-refractivity contribution in [3.05, 3.63) is 41.5 Å². The molecule has 0 N–H and O–H groups in total. The van der Waals surface area contributed by atoms with Gasteiger partial charge in [0.15, 0.2) is 0 Å². The number of likely N-dealkylation sites (N-methyl/N-ethyl adjacent to an activating group) is 2. The zero-order valence-corrected chi connectivity index (χ0v) is 14.9. The highest BCUT2D eigenvalue weighted by Gasteiger charge is 2.14. The average molecular weight is 316 g/mol. The second-order valence-corrected chi connectivity index (χ2v) is 5.92. The number of amides is 2. The zero-order chi connectivity index (χ0) is 17.4. The summed E-state index contributed by atoms with van der Waals surface area (Å²) in [5.41, 5.74) is 2.25. The number of hydrogen-bond donors (Lipinski definition) is 0. The van der Waals surface area contributed by atoms with Crippen molar-refractivity contribution in [2.75, 3.05) is 26.7 Å². The van der Waals surface area contributed by atoms with Crippen LogP contribution in [0.1, 0.15) is 44.7 Å². The van der Waals surface area contributed by atoms with E-state index >= 15 is 0 Å². The van der Waals surface area contributed by atoms with Crippen molar-refractivity contribution in [2.24, 2.45) is 0 Å². The van der Waals surface area contributed by atoms with Crippen LogP contribution in [0.5, 0.6) is 0 Å². The van der Waals surface area contributed by atoms with Gasteiger partial charge in [0.2, 0.25) is 11.8 Å². The molecule has 1 rings (SSSR count). The first kappa shape index (κ1) is 18.9. The summed E-state index contributed by atoms with van der Waals surface area (Å²) in [6.45, 7) is 9.60. The quantitative estimate of drug-likeness (QED) is 0.725. The molecule has 0 fully saturated rings. The Balaban J connectivity index is 2.62. The van der Waals surface area contributed by atoms with E-state index in [1.807, 2.05) is 26.0 Å². The minimum atomic E-state index is -0.168. The minimum Gasteiger partial charge on any atom is -0.342 e. The van der Waals surface area contributed by atoms with Crippen LogP contribution in [0.25, 0.3) is 6.08 Å². The van der Waals surface area contributed by atoms with Crippen molar-refractivity contribution in [3.63, 3.8) is 0 Å². The first-order chi connectivity index (χ1) is 10.9. The van der Waals surface area contributed by atoms with E-state index in [0.717, 1.165) is 5.56 Å². The summed E-state index contributed by atoms with van der Waals surface area (Å²) >= 11 is 0. The molecule has 0 aliphatic carbocycles. The number of carbonyl (C=O) groups is 2. The van der Waals surface area contributed by atoms with Gasteiger partial charge < -0.3 is 9.80 Å². The Morgan fingerprint density at radius 3 is 2.13 bits per heavy atom. The molecule has 0 atom stereocenters. The molecule has 0 radical (unpaired) electrons. The number of benzene rings is 1. The summed E-state index contributed by atoms with van der Waals surface area (Å²) in [4.78, 5) is 27.3. The van der Waals surface area contributed by atoms with Gasteiger partial charge in [0.1, 0.15) is 0 Å². The molecule has 0 spiro atoms. The van der Waals surface area contributed by atoms with E-state index in [2.05, 4.69) is 26.0 Å². The minimum absolute atomic E-state index is 0.0273. The van der Waals surface area contributed by atoms with E-state index in [-0.39, 0.29) is 18.4 Å². The topological polar surface area (TPSA) is 40.6 Å². The predicted molar refractivity (Wildman–Crippen MR) is 95.1 cm³/mol.